The van der Waals surface area contributed by atoms with Crippen LogP contribution < -0.4 is 0 Å². The highest BCUT2D eigenvalue weighted by molar-refractivity contribution is 5.77. The van der Waals surface area contributed by atoms with Gasteiger partial charge in [-0.2, -0.15) is 0 Å². The minimum atomic E-state index is -1.04. The van der Waals surface area contributed by atoms with Crippen LogP contribution in [0.25, 0.3) is 0 Å². The number of carboxylic acid groups (broad SMARTS) is 1. The molecule has 0 saturated heterocycles. The van der Waals surface area contributed by atoms with Crippen molar-refractivity contribution in [3.05, 3.63) is 60.8 Å². The van der Waals surface area contributed by atoms with Crippen molar-refractivity contribution in [3.8, 4) is 0 Å². The average Bonchev–Trinajstić information content (AvgIpc) is 2.67. The van der Waals surface area contributed by atoms with Crippen LogP contribution in [-0.4, -0.2) is 23.3 Å². The van der Waals surface area contributed by atoms with Crippen LogP contribution in [0.2, 0.25) is 0 Å². The third-order valence-electron chi connectivity index (χ3n) is 4.37. The van der Waals surface area contributed by atoms with Crippen LogP contribution in [0.3, 0.4) is 0 Å². The number of carboxylic acids is 1. The summed E-state index contributed by atoms with van der Waals surface area (Å²) in [5.41, 5.74) is -1.04. The van der Waals surface area contributed by atoms with E-state index in [1.807, 2.05) is 19.9 Å². The van der Waals surface area contributed by atoms with Crippen LogP contribution >= 0.6 is 0 Å². The van der Waals surface area contributed by atoms with E-state index in [1.165, 1.54) is 0 Å². The Morgan fingerprint density at radius 2 is 1.19 bits per heavy atom. The zero-order chi connectivity index (χ0) is 20.2. The molecule has 27 heavy (non-hydrogen) atoms. The summed E-state index contributed by atoms with van der Waals surface area (Å²) >= 11 is 0. The second-order valence-electron chi connectivity index (χ2n) is 6.37. The van der Waals surface area contributed by atoms with E-state index in [1.54, 1.807) is 0 Å². The van der Waals surface area contributed by atoms with Gasteiger partial charge in [0.15, 0.2) is 5.60 Å². The molecule has 3 nitrogen and oxygen atoms in total. The van der Waals surface area contributed by atoms with Crippen molar-refractivity contribution in [3.63, 3.8) is 0 Å². The predicted molar refractivity (Wildman–Crippen MR) is 116 cm³/mol. The van der Waals surface area contributed by atoms with Crippen LogP contribution in [0.1, 0.15) is 72.1 Å². The maximum absolute atomic E-state index is 11.3. The molecule has 0 spiro atoms. The Labute approximate surface area is 166 Å². The molecule has 0 fully saturated rings. The van der Waals surface area contributed by atoms with Crippen LogP contribution in [-0.2, 0) is 9.53 Å². The molecule has 0 aliphatic heterocycles. The fraction of sp³-hybridized carbons (Fsp3) is 0.542. The second kappa shape index (κ2) is 17.5. The number of unbranched alkanes of at least 4 members (excludes halogenated alkanes) is 1. The second-order valence-corrected chi connectivity index (χ2v) is 6.37. The van der Waals surface area contributed by atoms with Gasteiger partial charge in [-0.25, -0.2) is 4.79 Å². The summed E-state index contributed by atoms with van der Waals surface area (Å²) in [6.45, 7) is 6.19. The van der Waals surface area contributed by atoms with Crippen LogP contribution in [0, 0.1) is 0 Å². The van der Waals surface area contributed by atoms with E-state index in [0.29, 0.717) is 19.4 Å². The topological polar surface area (TPSA) is 46.5 Å². The first-order valence-electron chi connectivity index (χ1n) is 10.2. The third-order valence-corrected chi connectivity index (χ3v) is 4.37. The standard InChI is InChI=1S/C24H38O3/c1-4-7-8-9-10-11-12-13-14-15-16-17-18-19-20-21-22-27-24(5-2,6-3)23(25)26/h7-8,10-11,13-14,16-17,20-21H,4-6,9,12,15,18-19,22H2,1-3H3,(H,25,26)/b8-7-,11-10-,14-13-,17-16-,21-20+. The van der Waals surface area contributed by atoms with Gasteiger partial charge in [0.1, 0.15) is 0 Å². The maximum Gasteiger partial charge on any atom is 0.335 e. The van der Waals surface area contributed by atoms with Gasteiger partial charge in [0, 0.05) is 0 Å². The van der Waals surface area contributed by atoms with E-state index in [-0.39, 0.29) is 0 Å². The summed E-state index contributed by atoms with van der Waals surface area (Å²) in [7, 11) is 0. The molecule has 0 rings (SSSR count). The number of rotatable bonds is 16. The van der Waals surface area contributed by atoms with Gasteiger partial charge in [0.25, 0.3) is 0 Å². The molecule has 1 N–H and O–H groups in total. The van der Waals surface area contributed by atoms with Crippen molar-refractivity contribution in [2.45, 2.75) is 77.7 Å². The minimum absolute atomic E-state index is 0.349. The summed E-state index contributed by atoms with van der Waals surface area (Å²) in [6.07, 6.45) is 28.5. The summed E-state index contributed by atoms with van der Waals surface area (Å²) < 4.78 is 5.59. The largest absolute Gasteiger partial charge is 0.479 e. The Balaban J connectivity index is 3.77. The first kappa shape index (κ1) is 25.1. The van der Waals surface area contributed by atoms with E-state index < -0.39 is 11.6 Å². The van der Waals surface area contributed by atoms with E-state index in [2.05, 4.69) is 61.6 Å². The van der Waals surface area contributed by atoms with Crippen LogP contribution in [0.5, 0.6) is 0 Å². The Bertz CT molecular complexity index is 506. The molecule has 0 atom stereocenters. The Morgan fingerprint density at radius 1 is 0.741 bits per heavy atom. The number of hydrogen-bond acceptors (Lipinski definition) is 2. The molecular formula is C24H38O3. The Hall–Kier alpha value is -1.87. The third kappa shape index (κ3) is 13.0. The van der Waals surface area contributed by atoms with Crippen molar-refractivity contribution < 1.29 is 14.6 Å². The van der Waals surface area contributed by atoms with E-state index in [4.69, 9.17) is 4.74 Å². The van der Waals surface area contributed by atoms with E-state index in [9.17, 15) is 9.90 Å². The number of aliphatic carboxylic acids is 1. The van der Waals surface area contributed by atoms with Gasteiger partial charge >= 0.3 is 5.97 Å². The summed E-state index contributed by atoms with van der Waals surface area (Å²) in [5.74, 6) is -0.874. The molecule has 0 unspecified atom stereocenters. The normalized spacial score (nSPS) is 13.3. The average molecular weight is 375 g/mol. The highest BCUT2D eigenvalue weighted by Crippen LogP contribution is 2.20. The van der Waals surface area contributed by atoms with Gasteiger partial charge < -0.3 is 9.84 Å². The monoisotopic (exact) mass is 374 g/mol. The highest BCUT2D eigenvalue weighted by atomic mass is 16.5. The molecule has 0 aliphatic rings. The molecule has 0 bridgehead atoms. The summed E-state index contributed by atoms with van der Waals surface area (Å²) in [5, 5.41) is 9.29. The Morgan fingerprint density at radius 3 is 1.63 bits per heavy atom. The van der Waals surface area contributed by atoms with Crippen molar-refractivity contribution in [2.75, 3.05) is 6.61 Å². The molecule has 0 aromatic heterocycles. The smallest absolute Gasteiger partial charge is 0.335 e. The molecule has 0 heterocycles. The first-order chi connectivity index (χ1) is 13.1. The quantitative estimate of drug-likeness (QED) is 0.239. The fourth-order valence-electron chi connectivity index (χ4n) is 2.50. The molecule has 3 heteroatoms. The van der Waals surface area contributed by atoms with E-state index in [0.717, 1.165) is 38.5 Å². The first-order valence-corrected chi connectivity index (χ1v) is 10.2. The number of ether oxygens (including phenoxy) is 1. The van der Waals surface area contributed by atoms with Gasteiger partial charge in [-0.1, -0.05) is 81.5 Å². The summed E-state index contributed by atoms with van der Waals surface area (Å²) in [4.78, 5) is 11.3. The van der Waals surface area contributed by atoms with Gasteiger partial charge in [0.05, 0.1) is 6.61 Å². The van der Waals surface area contributed by atoms with Gasteiger partial charge in [-0.3, -0.25) is 0 Å². The molecule has 0 amide bonds. The van der Waals surface area contributed by atoms with Crippen molar-refractivity contribution in [2.24, 2.45) is 0 Å². The lowest BCUT2D eigenvalue weighted by atomic mass is 9.97. The van der Waals surface area contributed by atoms with Gasteiger partial charge in [-0.05, 0) is 51.4 Å². The molecule has 0 radical (unpaired) electrons. The van der Waals surface area contributed by atoms with Gasteiger partial charge in [-0.15, -0.1) is 0 Å². The van der Waals surface area contributed by atoms with Crippen molar-refractivity contribution >= 4 is 5.97 Å². The highest BCUT2D eigenvalue weighted by Gasteiger charge is 2.35. The zero-order valence-corrected chi connectivity index (χ0v) is 17.4. The van der Waals surface area contributed by atoms with Crippen molar-refractivity contribution in [1.82, 2.24) is 0 Å². The predicted octanol–water partition coefficient (Wildman–Crippen LogP) is 6.79. The summed E-state index contributed by atoms with van der Waals surface area (Å²) in [6, 6.07) is 0. The lowest BCUT2D eigenvalue weighted by Crippen LogP contribution is -2.40. The molecule has 0 aromatic rings. The minimum Gasteiger partial charge on any atom is -0.479 e. The number of carbonyl (C=O) groups is 1. The zero-order valence-electron chi connectivity index (χ0n) is 17.4. The van der Waals surface area contributed by atoms with Crippen molar-refractivity contribution in [1.29, 1.82) is 0 Å². The molecule has 152 valence electrons. The van der Waals surface area contributed by atoms with Crippen LogP contribution in [0.15, 0.2) is 60.8 Å². The number of hydrogen-bond donors (Lipinski definition) is 1. The molecule has 0 aliphatic carbocycles. The Kier molecular flexibility index (Phi) is 16.3. The van der Waals surface area contributed by atoms with Gasteiger partial charge in [0.2, 0.25) is 0 Å². The van der Waals surface area contributed by atoms with Crippen LogP contribution in [0.4, 0.5) is 0 Å². The van der Waals surface area contributed by atoms with E-state index >= 15 is 0 Å². The maximum atomic E-state index is 11.3. The molecule has 0 aromatic carbocycles. The molecular weight excluding hydrogens is 336 g/mol. The fourth-order valence-corrected chi connectivity index (χ4v) is 2.50. The SMILES string of the molecule is CC/C=C\C/C=C\C/C=C\C/C=C\CC/C=C/COC(CC)(CC)C(=O)O. The molecule has 0 saturated carbocycles. The lowest BCUT2D eigenvalue weighted by Gasteiger charge is -2.26. The number of allylic oxidation sites excluding steroid dienone is 9. The lowest BCUT2D eigenvalue weighted by molar-refractivity contribution is -0.165.